The molecule has 0 amide bonds. The molecule has 1 saturated carbocycles. The Morgan fingerprint density at radius 1 is 1.11 bits per heavy atom. The second-order valence-corrected chi connectivity index (χ2v) is 8.59. The highest BCUT2D eigenvalue weighted by Crippen LogP contribution is 2.30. The molecule has 0 bridgehead atoms. The topological polar surface area (TPSA) is 29.9 Å². The molecular formula is C22H23ClFN3S. The van der Waals surface area contributed by atoms with Crippen LogP contribution in [-0.4, -0.2) is 28.4 Å². The molecule has 2 aromatic carbocycles. The normalized spacial score (nSPS) is 14.2. The number of nitrogens with zero attached hydrogens (tertiary/aromatic N) is 2. The third kappa shape index (κ3) is 4.59. The van der Waals surface area contributed by atoms with E-state index in [4.69, 9.17) is 11.6 Å². The fourth-order valence-corrected chi connectivity index (χ4v) is 4.33. The summed E-state index contributed by atoms with van der Waals surface area (Å²) in [6.07, 6.45) is 5.96. The van der Waals surface area contributed by atoms with Gasteiger partial charge in [0.25, 0.3) is 0 Å². The van der Waals surface area contributed by atoms with Crippen LogP contribution in [-0.2, 0) is 0 Å². The summed E-state index contributed by atoms with van der Waals surface area (Å²) in [5, 5.41) is 5.17. The van der Waals surface area contributed by atoms with Crippen LogP contribution in [0.3, 0.4) is 0 Å². The number of imidazole rings is 1. The number of halogens is 2. The average Bonchev–Trinajstić information content (AvgIpc) is 3.08. The summed E-state index contributed by atoms with van der Waals surface area (Å²) in [5.41, 5.74) is 2.86. The van der Waals surface area contributed by atoms with E-state index in [0.29, 0.717) is 5.02 Å². The maximum absolute atomic E-state index is 13.4. The predicted molar refractivity (Wildman–Crippen MR) is 115 cm³/mol. The third-order valence-electron chi connectivity index (χ3n) is 5.12. The molecule has 0 atom stereocenters. The van der Waals surface area contributed by atoms with Crippen molar-refractivity contribution in [2.75, 3.05) is 18.8 Å². The van der Waals surface area contributed by atoms with Gasteiger partial charge >= 0.3 is 0 Å². The monoisotopic (exact) mass is 415 g/mol. The largest absolute Gasteiger partial charge is 0.316 e. The van der Waals surface area contributed by atoms with E-state index in [2.05, 4.69) is 14.9 Å². The quantitative estimate of drug-likeness (QED) is 0.371. The molecule has 0 radical (unpaired) electrons. The first-order valence-electron chi connectivity index (χ1n) is 9.64. The van der Waals surface area contributed by atoms with E-state index in [1.165, 1.54) is 31.4 Å². The molecular weight excluding hydrogens is 393 g/mol. The molecule has 1 aromatic heterocycles. The van der Waals surface area contributed by atoms with Crippen molar-refractivity contribution in [2.45, 2.75) is 24.4 Å². The summed E-state index contributed by atoms with van der Waals surface area (Å²) in [5.74, 6) is 1.57. The molecule has 0 unspecified atom stereocenters. The Balaban J connectivity index is 1.53. The van der Waals surface area contributed by atoms with Gasteiger partial charge in [-0.05, 0) is 73.8 Å². The molecule has 1 aliphatic rings. The molecule has 3 aromatic rings. The van der Waals surface area contributed by atoms with Crippen LogP contribution in [0.2, 0.25) is 5.02 Å². The molecule has 0 spiro atoms. The predicted octanol–water partition coefficient (Wildman–Crippen LogP) is 5.81. The second kappa shape index (κ2) is 9.12. The van der Waals surface area contributed by atoms with Crippen LogP contribution >= 0.6 is 23.4 Å². The van der Waals surface area contributed by atoms with Crippen LogP contribution in [0, 0.1) is 11.7 Å². The molecule has 1 heterocycles. The van der Waals surface area contributed by atoms with Gasteiger partial charge in [-0.1, -0.05) is 29.8 Å². The van der Waals surface area contributed by atoms with E-state index in [9.17, 15) is 4.39 Å². The number of hydrogen-bond acceptors (Lipinski definition) is 3. The van der Waals surface area contributed by atoms with E-state index in [1.807, 2.05) is 30.5 Å². The van der Waals surface area contributed by atoms with Crippen LogP contribution in [0.5, 0.6) is 0 Å². The van der Waals surface area contributed by atoms with Crippen LogP contribution in [0.1, 0.15) is 19.3 Å². The highest BCUT2D eigenvalue weighted by atomic mass is 35.5. The van der Waals surface area contributed by atoms with Crippen molar-refractivity contribution in [3.8, 4) is 16.9 Å². The fraction of sp³-hybridized carbons (Fsp3) is 0.318. The first-order valence-corrected chi connectivity index (χ1v) is 11.0. The van der Waals surface area contributed by atoms with Gasteiger partial charge < -0.3 is 5.32 Å². The lowest BCUT2D eigenvalue weighted by atomic mass is 9.85. The Bertz CT molecular complexity index is 905. The molecule has 1 N–H and O–H groups in total. The summed E-state index contributed by atoms with van der Waals surface area (Å²) in [6, 6.07) is 14.2. The molecule has 3 nitrogen and oxygen atoms in total. The van der Waals surface area contributed by atoms with Crippen molar-refractivity contribution in [2.24, 2.45) is 5.92 Å². The van der Waals surface area contributed by atoms with E-state index in [0.717, 1.165) is 46.9 Å². The van der Waals surface area contributed by atoms with Gasteiger partial charge in [-0.2, -0.15) is 0 Å². The zero-order valence-electron chi connectivity index (χ0n) is 15.6. The summed E-state index contributed by atoms with van der Waals surface area (Å²) in [6.45, 7) is 2.08. The first kappa shape index (κ1) is 19.5. The van der Waals surface area contributed by atoms with Crippen LogP contribution in [0.4, 0.5) is 4.39 Å². The molecule has 4 rings (SSSR count). The highest BCUT2D eigenvalue weighted by Gasteiger charge is 2.17. The van der Waals surface area contributed by atoms with Gasteiger partial charge in [0.2, 0.25) is 0 Å². The summed E-state index contributed by atoms with van der Waals surface area (Å²) in [7, 11) is 0. The van der Waals surface area contributed by atoms with Gasteiger partial charge in [0.05, 0.1) is 11.9 Å². The number of nitrogens with one attached hydrogen (secondary N) is 1. The van der Waals surface area contributed by atoms with Crippen molar-refractivity contribution in [3.63, 3.8) is 0 Å². The third-order valence-corrected chi connectivity index (χ3v) is 6.33. The van der Waals surface area contributed by atoms with Crippen molar-refractivity contribution in [3.05, 3.63) is 65.6 Å². The lowest BCUT2D eigenvalue weighted by Gasteiger charge is -2.25. The van der Waals surface area contributed by atoms with Crippen molar-refractivity contribution in [1.29, 1.82) is 0 Å². The lowest BCUT2D eigenvalue weighted by molar-refractivity contribution is 0.304. The van der Waals surface area contributed by atoms with Gasteiger partial charge in [0.1, 0.15) is 5.82 Å². The molecule has 146 valence electrons. The lowest BCUT2D eigenvalue weighted by Crippen LogP contribution is -2.28. The molecule has 0 saturated heterocycles. The molecule has 1 fully saturated rings. The number of aromatic nitrogens is 2. The van der Waals surface area contributed by atoms with E-state index >= 15 is 0 Å². The summed E-state index contributed by atoms with van der Waals surface area (Å²) >= 11 is 7.79. The Hall–Kier alpha value is -1.82. The van der Waals surface area contributed by atoms with Crippen molar-refractivity contribution < 1.29 is 4.39 Å². The SMILES string of the molecule is Fc1ccc(-c2cnc(SCCNCC3CCC3)n2-c2ccc(Cl)cc2)cc1. The minimum atomic E-state index is -0.242. The van der Waals surface area contributed by atoms with Crippen molar-refractivity contribution in [1.82, 2.24) is 14.9 Å². The minimum Gasteiger partial charge on any atom is -0.316 e. The van der Waals surface area contributed by atoms with Gasteiger partial charge in [-0.25, -0.2) is 9.37 Å². The standard InChI is InChI=1S/C22H23ClFN3S/c23-18-6-10-20(11-7-18)27-21(17-4-8-19(24)9-5-17)15-26-22(27)28-13-12-25-14-16-2-1-3-16/h4-11,15-16,25H,1-3,12-14H2. The molecule has 6 heteroatoms. The van der Waals surface area contributed by atoms with Gasteiger partial charge in [0.15, 0.2) is 5.16 Å². The zero-order chi connectivity index (χ0) is 19.3. The number of thioether (sulfide) groups is 1. The van der Waals surface area contributed by atoms with E-state index in [1.54, 1.807) is 23.9 Å². The average molecular weight is 416 g/mol. The number of hydrogen-bond donors (Lipinski definition) is 1. The molecule has 28 heavy (non-hydrogen) atoms. The summed E-state index contributed by atoms with van der Waals surface area (Å²) in [4.78, 5) is 4.65. The highest BCUT2D eigenvalue weighted by molar-refractivity contribution is 7.99. The Labute approximate surface area is 174 Å². The minimum absolute atomic E-state index is 0.242. The van der Waals surface area contributed by atoms with Gasteiger partial charge in [-0.3, -0.25) is 4.57 Å². The molecule has 1 aliphatic carbocycles. The van der Waals surface area contributed by atoms with E-state index < -0.39 is 0 Å². The maximum atomic E-state index is 13.4. The maximum Gasteiger partial charge on any atom is 0.173 e. The summed E-state index contributed by atoms with van der Waals surface area (Å²) < 4.78 is 15.5. The van der Waals surface area contributed by atoms with Crippen LogP contribution < -0.4 is 5.32 Å². The van der Waals surface area contributed by atoms with Crippen molar-refractivity contribution >= 4 is 23.4 Å². The van der Waals surface area contributed by atoms with E-state index in [-0.39, 0.29) is 5.82 Å². The zero-order valence-corrected chi connectivity index (χ0v) is 17.1. The number of rotatable bonds is 8. The Kier molecular flexibility index (Phi) is 6.35. The van der Waals surface area contributed by atoms with Gasteiger partial charge in [-0.15, -0.1) is 0 Å². The molecule has 0 aliphatic heterocycles. The second-order valence-electron chi connectivity index (χ2n) is 7.09. The van der Waals surface area contributed by atoms with Crippen LogP contribution in [0.25, 0.3) is 16.9 Å². The Morgan fingerprint density at radius 3 is 2.54 bits per heavy atom. The fourth-order valence-electron chi connectivity index (χ4n) is 3.32. The van der Waals surface area contributed by atoms with Gasteiger partial charge in [0, 0.05) is 28.6 Å². The Morgan fingerprint density at radius 2 is 1.86 bits per heavy atom. The van der Waals surface area contributed by atoms with Crippen LogP contribution in [0.15, 0.2) is 59.9 Å². The smallest absolute Gasteiger partial charge is 0.173 e. The first-order chi connectivity index (χ1) is 13.7. The number of benzene rings is 2.